The molecule has 1 amide bonds. The van der Waals surface area contributed by atoms with Gasteiger partial charge in [0.2, 0.25) is 5.95 Å². The third-order valence-electron chi connectivity index (χ3n) is 7.70. The van der Waals surface area contributed by atoms with E-state index in [1.807, 2.05) is 19.1 Å². The maximum absolute atomic E-state index is 13.0. The van der Waals surface area contributed by atoms with Gasteiger partial charge in [-0.05, 0) is 68.4 Å². The van der Waals surface area contributed by atoms with Crippen molar-refractivity contribution in [3.63, 3.8) is 0 Å². The van der Waals surface area contributed by atoms with Crippen molar-refractivity contribution in [2.45, 2.75) is 78.6 Å². The second-order valence-electron chi connectivity index (χ2n) is 10.4. The molecule has 0 spiro atoms. The maximum atomic E-state index is 13.0. The lowest BCUT2D eigenvalue weighted by atomic mass is 9.89. The average molecular weight is 504 g/mol. The van der Waals surface area contributed by atoms with Crippen LogP contribution < -0.4 is 16.2 Å². The predicted octanol–water partition coefficient (Wildman–Crippen LogP) is 6.03. The van der Waals surface area contributed by atoms with Crippen LogP contribution in [0.15, 0.2) is 41.2 Å². The fraction of sp³-hybridized carbons (Fsp3) is 0.533. The number of aryl methyl sites for hydroxylation is 1. The van der Waals surface area contributed by atoms with Crippen molar-refractivity contribution in [2.24, 2.45) is 11.8 Å². The summed E-state index contributed by atoms with van der Waals surface area (Å²) >= 11 is 0. The van der Waals surface area contributed by atoms with Gasteiger partial charge in [0, 0.05) is 30.1 Å². The van der Waals surface area contributed by atoms with Crippen LogP contribution in [0.2, 0.25) is 0 Å². The standard InChI is InChI=1S/C30H41N5O2/c1-4-6-10-22(5-2)19-32-30-33-21(3)26-17-18-27(36)35(28(26)34-30)25-15-13-24(14-16-25)29(37)31-20-23-11-8-7-9-12-23/h13-18,22-23H,4-12,19-20H2,1-3H3,(H,31,37)(H,32,33,34). The van der Waals surface area contributed by atoms with E-state index in [1.54, 1.807) is 28.8 Å². The van der Waals surface area contributed by atoms with Crippen LogP contribution in [0, 0.1) is 18.8 Å². The first-order chi connectivity index (χ1) is 18.0. The summed E-state index contributed by atoms with van der Waals surface area (Å²) in [4.78, 5) is 35.1. The molecular formula is C30H41N5O2. The number of nitrogens with one attached hydrogen (secondary N) is 2. The molecule has 2 aromatic heterocycles. The van der Waals surface area contributed by atoms with Crippen LogP contribution in [0.1, 0.15) is 87.7 Å². The molecule has 0 saturated heterocycles. The van der Waals surface area contributed by atoms with E-state index in [-0.39, 0.29) is 11.5 Å². The number of benzene rings is 1. The molecule has 7 heteroatoms. The van der Waals surface area contributed by atoms with Gasteiger partial charge >= 0.3 is 0 Å². The number of amides is 1. The Morgan fingerprint density at radius 2 is 1.81 bits per heavy atom. The van der Waals surface area contributed by atoms with E-state index in [0.717, 1.165) is 30.6 Å². The number of pyridine rings is 1. The molecule has 0 aliphatic heterocycles. The molecule has 198 valence electrons. The number of anilines is 1. The van der Waals surface area contributed by atoms with E-state index < -0.39 is 0 Å². The van der Waals surface area contributed by atoms with Gasteiger partial charge in [0.1, 0.15) is 0 Å². The van der Waals surface area contributed by atoms with Crippen molar-refractivity contribution in [1.29, 1.82) is 0 Å². The van der Waals surface area contributed by atoms with Crippen LogP contribution in [-0.4, -0.2) is 33.5 Å². The van der Waals surface area contributed by atoms with Gasteiger partial charge < -0.3 is 10.6 Å². The number of hydrogen-bond acceptors (Lipinski definition) is 5. The number of rotatable bonds is 11. The van der Waals surface area contributed by atoms with E-state index in [9.17, 15) is 9.59 Å². The molecule has 7 nitrogen and oxygen atoms in total. The van der Waals surface area contributed by atoms with Gasteiger partial charge in [-0.1, -0.05) is 52.4 Å². The lowest BCUT2D eigenvalue weighted by Gasteiger charge is -2.21. The molecular weight excluding hydrogens is 462 g/mol. The number of carbonyl (C=O) groups excluding carboxylic acids is 1. The Morgan fingerprint density at radius 1 is 1.05 bits per heavy atom. The van der Waals surface area contributed by atoms with Gasteiger partial charge in [-0.2, -0.15) is 4.98 Å². The summed E-state index contributed by atoms with van der Waals surface area (Å²) in [5.74, 6) is 1.61. The minimum atomic E-state index is -0.166. The Bertz CT molecular complexity index is 1250. The summed E-state index contributed by atoms with van der Waals surface area (Å²) in [6, 6.07) is 10.5. The summed E-state index contributed by atoms with van der Waals surface area (Å²) in [6.45, 7) is 7.91. The average Bonchev–Trinajstić information content (AvgIpc) is 2.92. The van der Waals surface area contributed by atoms with E-state index in [4.69, 9.17) is 4.98 Å². The lowest BCUT2D eigenvalue weighted by molar-refractivity contribution is 0.0943. The van der Waals surface area contributed by atoms with Gasteiger partial charge in [-0.3, -0.25) is 14.2 Å². The Balaban J connectivity index is 1.54. The number of unbranched alkanes of at least 4 members (excludes halogenated alkanes) is 1. The second kappa shape index (κ2) is 12.8. The first-order valence-electron chi connectivity index (χ1n) is 14.0. The monoisotopic (exact) mass is 503 g/mol. The Kier molecular flexibility index (Phi) is 9.31. The summed E-state index contributed by atoms with van der Waals surface area (Å²) in [5, 5.41) is 7.33. The molecule has 0 radical (unpaired) electrons. The Labute approximate surface area is 220 Å². The molecule has 1 unspecified atom stereocenters. The highest BCUT2D eigenvalue weighted by Gasteiger charge is 2.16. The number of nitrogens with zero attached hydrogens (tertiary/aromatic N) is 3. The topological polar surface area (TPSA) is 88.9 Å². The molecule has 2 N–H and O–H groups in total. The summed E-state index contributed by atoms with van der Waals surface area (Å²) < 4.78 is 1.60. The normalized spacial score (nSPS) is 15.0. The predicted molar refractivity (Wildman–Crippen MR) is 151 cm³/mol. The third kappa shape index (κ3) is 6.76. The highest BCUT2D eigenvalue weighted by molar-refractivity contribution is 5.94. The van der Waals surface area contributed by atoms with Crippen molar-refractivity contribution in [3.8, 4) is 5.69 Å². The fourth-order valence-electron chi connectivity index (χ4n) is 5.27. The molecule has 2 heterocycles. The summed E-state index contributed by atoms with van der Waals surface area (Å²) in [6.07, 6.45) is 10.9. The zero-order valence-corrected chi connectivity index (χ0v) is 22.6. The molecule has 4 rings (SSSR count). The maximum Gasteiger partial charge on any atom is 0.256 e. The van der Waals surface area contributed by atoms with Gasteiger partial charge in [0.05, 0.1) is 11.4 Å². The molecule has 1 aliphatic rings. The van der Waals surface area contributed by atoms with Crippen LogP contribution >= 0.6 is 0 Å². The molecule has 1 fully saturated rings. The molecule has 0 bridgehead atoms. The number of aromatic nitrogens is 3. The molecule has 1 aliphatic carbocycles. The Hall–Kier alpha value is -3.22. The smallest absolute Gasteiger partial charge is 0.256 e. The fourth-order valence-corrected chi connectivity index (χ4v) is 5.27. The minimum Gasteiger partial charge on any atom is -0.354 e. The van der Waals surface area contributed by atoms with Crippen molar-refractivity contribution in [3.05, 3.63) is 58.0 Å². The van der Waals surface area contributed by atoms with E-state index >= 15 is 0 Å². The van der Waals surface area contributed by atoms with Crippen molar-refractivity contribution >= 4 is 22.9 Å². The zero-order valence-electron chi connectivity index (χ0n) is 22.6. The number of carbonyl (C=O) groups is 1. The lowest BCUT2D eigenvalue weighted by Crippen LogP contribution is -2.30. The first-order valence-corrected chi connectivity index (χ1v) is 14.0. The summed E-state index contributed by atoms with van der Waals surface area (Å²) in [5.41, 5.74) is 2.50. The quantitative estimate of drug-likeness (QED) is 0.334. The highest BCUT2D eigenvalue weighted by atomic mass is 16.1. The minimum absolute atomic E-state index is 0.0689. The first kappa shape index (κ1) is 26.8. The third-order valence-corrected chi connectivity index (χ3v) is 7.70. The van der Waals surface area contributed by atoms with Crippen LogP contribution in [0.25, 0.3) is 16.7 Å². The highest BCUT2D eigenvalue weighted by Crippen LogP contribution is 2.23. The van der Waals surface area contributed by atoms with E-state index in [2.05, 4.69) is 29.5 Å². The molecule has 1 aromatic carbocycles. The SMILES string of the molecule is CCCCC(CC)CNc1nc(C)c2ccc(=O)n(-c3ccc(C(=O)NCC4CCCCC4)cc3)c2n1. The number of hydrogen-bond donors (Lipinski definition) is 2. The molecule has 3 aromatic rings. The molecule has 37 heavy (non-hydrogen) atoms. The molecule has 1 saturated carbocycles. The van der Waals surface area contributed by atoms with Gasteiger partial charge in [-0.15, -0.1) is 0 Å². The Morgan fingerprint density at radius 3 is 2.51 bits per heavy atom. The van der Waals surface area contributed by atoms with Crippen molar-refractivity contribution in [2.75, 3.05) is 18.4 Å². The van der Waals surface area contributed by atoms with Gasteiger partial charge in [-0.25, -0.2) is 4.98 Å². The van der Waals surface area contributed by atoms with E-state index in [0.29, 0.717) is 34.7 Å². The van der Waals surface area contributed by atoms with Gasteiger partial charge in [0.15, 0.2) is 5.65 Å². The largest absolute Gasteiger partial charge is 0.354 e. The van der Waals surface area contributed by atoms with Gasteiger partial charge in [0.25, 0.3) is 11.5 Å². The number of fused-ring (bicyclic) bond motifs is 1. The van der Waals surface area contributed by atoms with Crippen molar-refractivity contribution in [1.82, 2.24) is 19.9 Å². The van der Waals surface area contributed by atoms with Crippen LogP contribution in [0.3, 0.4) is 0 Å². The molecule has 1 atom stereocenters. The van der Waals surface area contributed by atoms with E-state index in [1.165, 1.54) is 51.4 Å². The zero-order chi connectivity index (χ0) is 26.2. The van der Waals surface area contributed by atoms with Crippen LogP contribution in [-0.2, 0) is 0 Å². The van der Waals surface area contributed by atoms with Crippen LogP contribution in [0.5, 0.6) is 0 Å². The summed E-state index contributed by atoms with van der Waals surface area (Å²) in [7, 11) is 0. The van der Waals surface area contributed by atoms with Crippen molar-refractivity contribution < 1.29 is 4.79 Å². The van der Waals surface area contributed by atoms with Crippen LogP contribution in [0.4, 0.5) is 5.95 Å². The second-order valence-corrected chi connectivity index (χ2v) is 10.4.